The van der Waals surface area contributed by atoms with E-state index in [1.807, 2.05) is 6.92 Å². The van der Waals surface area contributed by atoms with Crippen LogP contribution in [0.5, 0.6) is 5.75 Å². The van der Waals surface area contributed by atoms with Gasteiger partial charge in [-0.1, -0.05) is 18.5 Å². The van der Waals surface area contributed by atoms with Gasteiger partial charge in [0.05, 0.1) is 29.1 Å². The third-order valence-corrected chi connectivity index (χ3v) is 6.12. The number of nitrogen functional groups attached to an aromatic ring is 1. The number of benzene rings is 1. The molecule has 0 atom stereocenters. The van der Waals surface area contributed by atoms with Crippen LogP contribution >= 0.6 is 11.6 Å². The zero-order valence-corrected chi connectivity index (χ0v) is 16.0. The SMILES string of the molecule is CCCS(=O)(=O)NC1CCN(C(=O)c2cc(Cl)c(N)cc2OC)CC1. The van der Waals surface area contributed by atoms with E-state index < -0.39 is 10.0 Å². The lowest BCUT2D eigenvalue weighted by Gasteiger charge is -2.32. The van der Waals surface area contributed by atoms with E-state index in [-0.39, 0.29) is 17.7 Å². The number of nitrogens with one attached hydrogen (secondary N) is 1. The molecule has 3 N–H and O–H groups in total. The van der Waals surface area contributed by atoms with Crippen molar-refractivity contribution in [1.82, 2.24) is 9.62 Å². The number of carbonyl (C=O) groups is 1. The maximum absolute atomic E-state index is 12.7. The lowest BCUT2D eigenvalue weighted by molar-refractivity contribution is 0.0708. The van der Waals surface area contributed by atoms with Crippen LogP contribution in [0, 0.1) is 0 Å². The first-order valence-corrected chi connectivity index (χ1v) is 10.2. The molecule has 140 valence electrons. The molecular weight excluding hydrogens is 366 g/mol. The molecule has 1 aliphatic heterocycles. The van der Waals surface area contributed by atoms with Crippen molar-refractivity contribution >= 4 is 33.2 Å². The Hall–Kier alpha value is -1.51. The molecule has 7 nitrogen and oxygen atoms in total. The summed E-state index contributed by atoms with van der Waals surface area (Å²) in [4.78, 5) is 14.4. The third-order valence-electron chi connectivity index (χ3n) is 4.15. The van der Waals surface area contributed by atoms with Gasteiger partial charge in [-0.25, -0.2) is 13.1 Å². The van der Waals surface area contributed by atoms with E-state index >= 15 is 0 Å². The van der Waals surface area contributed by atoms with E-state index in [2.05, 4.69) is 4.72 Å². The fraction of sp³-hybridized carbons (Fsp3) is 0.562. The van der Waals surface area contributed by atoms with Gasteiger partial charge in [-0.2, -0.15) is 0 Å². The summed E-state index contributed by atoms with van der Waals surface area (Å²) < 4.78 is 31.6. The maximum Gasteiger partial charge on any atom is 0.257 e. The van der Waals surface area contributed by atoms with Crippen molar-refractivity contribution in [3.8, 4) is 5.75 Å². The van der Waals surface area contributed by atoms with Gasteiger partial charge in [-0.05, 0) is 25.3 Å². The van der Waals surface area contributed by atoms with Crippen LogP contribution in [0.25, 0.3) is 0 Å². The molecule has 0 unspecified atom stereocenters. The minimum absolute atomic E-state index is 0.118. The molecule has 0 aromatic heterocycles. The van der Waals surface area contributed by atoms with Gasteiger partial charge in [0.2, 0.25) is 10.0 Å². The number of hydrogen-bond acceptors (Lipinski definition) is 5. The Kier molecular flexibility index (Phi) is 6.53. The van der Waals surface area contributed by atoms with Crippen LogP contribution in [-0.2, 0) is 10.0 Å². The monoisotopic (exact) mass is 389 g/mol. The molecule has 0 radical (unpaired) electrons. The van der Waals surface area contributed by atoms with Crippen LogP contribution in [0.2, 0.25) is 5.02 Å². The number of likely N-dealkylation sites (tertiary alicyclic amines) is 1. The molecule has 1 fully saturated rings. The number of piperidine rings is 1. The van der Waals surface area contributed by atoms with Gasteiger partial charge in [0, 0.05) is 25.2 Å². The molecule has 9 heteroatoms. The van der Waals surface area contributed by atoms with E-state index in [1.54, 1.807) is 4.90 Å². The van der Waals surface area contributed by atoms with Crippen LogP contribution in [-0.4, -0.2) is 51.2 Å². The third kappa shape index (κ3) is 4.99. The number of sulfonamides is 1. The molecule has 25 heavy (non-hydrogen) atoms. The van der Waals surface area contributed by atoms with Gasteiger partial charge in [0.1, 0.15) is 5.75 Å². The van der Waals surface area contributed by atoms with Gasteiger partial charge in [-0.15, -0.1) is 0 Å². The number of carbonyl (C=O) groups excluding carboxylic acids is 1. The zero-order chi connectivity index (χ0) is 18.6. The minimum atomic E-state index is -3.25. The molecule has 0 saturated carbocycles. The molecular formula is C16H24ClN3O4S. The van der Waals surface area contributed by atoms with Crippen molar-refractivity contribution in [2.24, 2.45) is 0 Å². The molecule has 0 spiro atoms. The largest absolute Gasteiger partial charge is 0.496 e. The lowest BCUT2D eigenvalue weighted by atomic mass is 10.0. The first-order valence-electron chi connectivity index (χ1n) is 8.19. The number of hydrogen-bond donors (Lipinski definition) is 2. The molecule has 2 rings (SSSR count). The van der Waals surface area contributed by atoms with Crippen molar-refractivity contribution in [2.45, 2.75) is 32.2 Å². The van der Waals surface area contributed by atoms with E-state index in [9.17, 15) is 13.2 Å². The summed E-state index contributed by atoms with van der Waals surface area (Å²) in [6.45, 7) is 2.75. The topological polar surface area (TPSA) is 102 Å². The van der Waals surface area contributed by atoms with Crippen LogP contribution in [0.15, 0.2) is 12.1 Å². The van der Waals surface area contributed by atoms with Crippen molar-refractivity contribution in [2.75, 3.05) is 31.7 Å². The highest BCUT2D eigenvalue weighted by Crippen LogP contribution is 2.30. The summed E-state index contributed by atoms with van der Waals surface area (Å²) in [7, 11) is -1.78. The van der Waals surface area contributed by atoms with Crippen molar-refractivity contribution in [1.29, 1.82) is 0 Å². The predicted molar refractivity (Wildman–Crippen MR) is 98.6 cm³/mol. The highest BCUT2D eigenvalue weighted by atomic mass is 35.5. The summed E-state index contributed by atoms with van der Waals surface area (Å²) in [5, 5.41) is 0.298. The Morgan fingerprint density at radius 2 is 2.04 bits per heavy atom. The average Bonchev–Trinajstić information content (AvgIpc) is 2.56. The Bertz CT molecular complexity index is 731. The van der Waals surface area contributed by atoms with Gasteiger partial charge in [0.25, 0.3) is 5.91 Å². The zero-order valence-electron chi connectivity index (χ0n) is 14.4. The number of nitrogens with two attached hydrogens (primary N) is 1. The summed E-state index contributed by atoms with van der Waals surface area (Å²) in [6, 6.07) is 2.90. The van der Waals surface area contributed by atoms with Crippen molar-refractivity contribution < 1.29 is 17.9 Å². The van der Waals surface area contributed by atoms with Crippen LogP contribution < -0.4 is 15.2 Å². The van der Waals surface area contributed by atoms with E-state index in [1.165, 1.54) is 19.2 Å². The number of anilines is 1. The first-order chi connectivity index (χ1) is 11.8. The molecule has 0 bridgehead atoms. The molecule has 1 saturated heterocycles. The Morgan fingerprint density at radius 3 is 2.60 bits per heavy atom. The van der Waals surface area contributed by atoms with Gasteiger partial charge in [0.15, 0.2) is 0 Å². The van der Waals surface area contributed by atoms with E-state index in [4.69, 9.17) is 22.1 Å². The quantitative estimate of drug-likeness (QED) is 0.723. The summed E-state index contributed by atoms with van der Waals surface area (Å²) >= 11 is 6.02. The molecule has 1 aromatic carbocycles. The highest BCUT2D eigenvalue weighted by molar-refractivity contribution is 7.89. The predicted octanol–water partition coefficient (Wildman–Crippen LogP) is 1.86. The fourth-order valence-electron chi connectivity index (χ4n) is 2.86. The number of methoxy groups -OCH3 is 1. The summed E-state index contributed by atoms with van der Waals surface area (Å²) in [5.74, 6) is 0.291. The number of rotatable bonds is 6. The van der Waals surface area contributed by atoms with Crippen LogP contribution in [0.3, 0.4) is 0 Å². The summed E-state index contributed by atoms with van der Waals surface area (Å²) in [5.41, 5.74) is 6.44. The minimum Gasteiger partial charge on any atom is -0.496 e. The molecule has 1 heterocycles. The second-order valence-electron chi connectivity index (χ2n) is 6.08. The number of ether oxygens (including phenoxy) is 1. The second kappa shape index (κ2) is 8.25. The molecule has 1 amide bonds. The van der Waals surface area contributed by atoms with Crippen LogP contribution in [0.4, 0.5) is 5.69 Å². The Balaban J connectivity index is 2.04. The first kappa shape index (κ1) is 19.8. The highest BCUT2D eigenvalue weighted by Gasteiger charge is 2.28. The number of halogens is 1. The van der Waals surface area contributed by atoms with Crippen LogP contribution in [0.1, 0.15) is 36.5 Å². The van der Waals surface area contributed by atoms with E-state index in [0.717, 1.165) is 0 Å². The smallest absolute Gasteiger partial charge is 0.257 e. The fourth-order valence-corrected chi connectivity index (χ4v) is 4.42. The normalized spacial score (nSPS) is 16.0. The van der Waals surface area contributed by atoms with E-state index in [0.29, 0.717) is 54.4 Å². The Morgan fingerprint density at radius 1 is 1.40 bits per heavy atom. The molecule has 1 aliphatic rings. The van der Waals surface area contributed by atoms with Crippen molar-refractivity contribution in [3.63, 3.8) is 0 Å². The van der Waals surface area contributed by atoms with Gasteiger partial charge >= 0.3 is 0 Å². The van der Waals surface area contributed by atoms with Gasteiger partial charge < -0.3 is 15.4 Å². The lowest BCUT2D eigenvalue weighted by Crippen LogP contribution is -2.47. The number of amides is 1. The summed E-state index contributed by atoms with van der Waals surface area (Å²) in [6.07, 6.45) is 1.71. The van der Waals surface area contributed by atoms with Crippen molar-refractivity contribution in [3.05, 3.63) is 22.7 Å². The maximum atomic E-state index is 12.7. The standard InChI is InChI=1S/C16H24ClN3O4S/c1-3-8-25(22,23)19-11-4-6-20(7-5-11)16(21)12-9-13(17)14(18)10-15(12)24-2/h9-11,19H,3-8,18H2,1-2H3. The molecule has 1 aromatic rings. The number of nitrogens with zero attached hydrogens (tertiary/aromatic N) is 1. The van der Waals surface area contributed by atoms with Gasteiger partial charge in [-0.3, -0.25) is 4.79 Å². The second-order valence-corrected chi connectivity index (χ2v) is 8.36. The average molecular weight is 390 g/mol. The Labute approximate surface area is 153 Å². The molecule has 0 aliphatic carbocycles.